The van der Waals surface area contributed by atoms with Crippen LogP contribution in [0, 0.1) is 0 Å². The van der Waals surface area contributed by atoms with E-state index in [4.69, 9.17) is 21.7 Å². The van der Waals surface area contributed by atoms with Gasteiger partial charge in [0.1, 0.15) is 23.7 Å². The van der Waals surface area contributed by atoms with Crippen LogP contribution >= 0.6 is 11.8 Å². The molecule has 0 spiro atoms. The van der Waals surface area contributed by atoms with E-state index in [-0.39, 0.29) is 48.2 Å². The molecule has 288 valence electrons. The van der Waals surface area contributed by atoms with Crippen LogP contribution in [0.25, 0.3) is 11.2 Å². The number of anilines is 2. The molecule has 7 N–H and O–H groups in total. The summed E-state index contributed by atoms with van der Waals surface area (Å²) in [6, 6.07) is 15.4. The number of aromatic hydroxyl groups is 2. The van der Waals surface area contributed by atoms with E-state index in [0.717, 1.165) is 21.1 Å². The van der Waals surface area contributed by atoms with Crippen LogP contribution in [-0.2, 0) is 11.3 Å². The number of imidazole rings is 1. The highest BCUT2D eigenvalue weighted by atomic mass is 35.5. The minimum Gasteiger partial charge on any atom is -0.508 e. The van der Waals surface area contributed by atoms with Crippen molar-refractivity contribution in [2.75, 3.05) is 29.9 Å². The Bertz CT molecular complexity index is 2060. The van der Waals surface area contributed by atoms with E-state index < -0.39 is 24.3 Å². The highest BCUT2D eigenvalue weighted by Gasteiger charge is 2.47. The largest absolute Gasteiger partial charge is 0.508 e. The van der Waals surface area contributed by atoms with Crippen LogP contribution in [0.4, 0.5) is 16.6 Å². The minimum atomic E-state index is -1.30. The predicted molar refractivity (Wildman–Crippen MR) is 205 cm³/mol. The number of benzene rings is 2. The Hall–Kier alpha value is -5.71. The van der Waals surface area contributed by atoms with Crippen LogP contribution in [0.5, 0.6) is 11.5 Å². The van der Waals surface area contributed by atoms with Crippen molar-refractivity contribution in [2.24, 2.45) is 0 Å². The second-order valence-electron chi connectivity index (χ2n) is 13.8. The van der Waals surface area contributed by atoms with Gasteiger partial charge in [0.25, 0.3) is 0 Å². The molecule has 3 aromatic heterocycles. The number of fused-ring (bicyclic) bond motifs is 1. The van der Waals surface area contributed by atoms with E-state index in [1.54, 1.807) is 48.1 Å². The first-order chi connectivity index (χ1) is 26.6. The van der Waals surface area contributed by atoms with Gasteiger partial charge in [0.2, 0.25) is 11.9 Å². The lowest BCUT2D eigenvalue weighted by atomic mass is 9.91. The molecule has 7 rings (SSSR count). The molecule has 3 amide bonds. The van der Waals surface area contributed by atoms with Gasteiger partial charge in [0.15, 0.2) is 17.0 Å². The Morgan fingerprint density at radius 2 is 1.64 bits per heavy atom. The smallest absolute Gasteiger partial charge is 0.315 e. The molecule has 2 fully saturated rings. The lowest BCUT2D eigenvalue weighted by Gasteiger charge is -2.23. The van der Waals surface area contributed by atoms with Gasteiger partial charge < -0.3 is 45.8 Å². The molecule has 5 aromatic rings. The zero-order valence-corrected chi connectivity index (χ0v) is 30.8. The zero-order chi connectivity index (χ0) is 38.6. The first kappa shape index (κ1) is 37.6. The molecular formula is C38H43ClN10O6. The van der Waals surface area contributed by atoms with Crippen LogP contribution in [0.3, 0.4) is 0 Å². The lowest BCUT2D eigenvalue weighted by Crippen LogP contribution is -2.43. The number of amides is 3. The maximum absolute atomic E-state index is 12.8. The van der Waals surface area contributed by atoms with Gasteiger partial charge >= 0.3 is 6.03 Å². The maximum atomic E-state index is 12.8. The molecule has 1 saturated heterocycles. The zero-order valence-electron chi connectivity index (χ0n) is 30.0. The molecule has 1 aliphatic carbocycles. The van der Waals surface area contributed by atoms with Crippen LogP contribution < -0.4 is 20.9 Å². The Kier molecular flexibility index (Phi) is 11.2. The van der Waals surface area contributed by atoms with Crippen LogP contribution in [0.2, 0.25) is 0 Å². The fourth-order valence-corrected chi connectivity index (χ4v) is 7.57. The molecule has 2 aliphatic rings. The monoisotopic (exact) mass is 770 g/mol. The molecule has 5 atom stereocenters. The first-order valence-electron chi connectivity index (χ1n) is 18.2. The molecule has 2 aromatic carbocycles. The normalized spacial score (nSPS) is 20.9. The third kappa shape index (κ3) is 8.21. The number of carbonyl (C=O) groups is 2. The summed E-state index contributed by atoms with van der Waals surface area (Å²) < 4.78 is 2.66. The second kappa shape index (κ2) is 16.3. The predicted octanol–water partition coefficient (Wildman–Crippen LogP) is 3.38. The van der Waals surface area contributed by atoms with Gasteiger partial charge in [0.05, 0.1) is 18.4 Å². The maximum Gasteiger partial charge on any atom is 0.315 e. The summed E-state index contributed by atoms with van der Waals surface area (Å²) in [4.78, 5) is 45.8. The number of carbonyl (C=O) groups excluding carboxylic acids is 2. The lowest BCUT2D eigenvalue weighted by molar-refractivity contribution is -0.129. The number of nitrogens with zero attached hydrogens (tertiary/aromatic N) is 7. The summed E-state index contributed by atoms with van der Waals surface area (Å²) in [5.41, 5.74) is 3.55. The SMILES string of the molecule is CCC(=O)N(Cl)[C@H]1C[C@@H](n2cnc3c(NCC(c4ccc(O)cc4)c4ccc(O)cc4)nc(N4CC[C@@H](NC(=O)NCc5ccncc5)C4)nc32)[C@H](O)[C@@H]1O. The number of rotatable bonds is 12. The average molecular weight is 771 g/mol. The van der Waals surface area contributed by atoms with Crippen molar-refractivity contribution in [3.8, 4) is 11.5 Å². The minimum absolute atomic E-state index is 0.135. The van der Waals surface area contributed by atoms with Crippen molar-refractivity contribution in [2.45, 2.75) is 69.0 Å². The van der Waals surface area contributed by atoms with Crippen LogP contribution in [0.1, 0.15) is 54.8 Å². The summed E-state index contributed by atoms with van der Waals surface area (Å²) in [7, 11) is 0. The van der Waals surface area contributed by atoms with Gasteiger partial charge in [-0.3, -0.25) is 9.78 Å². The summed E-state index contributed by atoms with van der Waals surface area (Å²) >= 11 is 6.35. The number of urea groups is 1. The van der Waals surface area contributed by atoms with Gasteiger partial charge in [-0.05, 0) is 65.9 Å². The van der Waals surface area contributed by atoms with E-state index in [0.29, 0.717) is 55.5 Å². The van der Waals surface area contributed by atoms with Crippen molar-refractivity contribution in [3.63, 3.8) is 0 Å². The molecule has 16 nitrogen and oxygen atoms in total. The van der Waals surface area contributed by atoms with Gasteiger partial charge in [-0.25, -0.2) is 14.2 Å². The van der Waals surface area contributed by atoms with Gasteiger partial charge in [0, 0.05) is 68.7 Å². The fourth-order valence-electron chi connectivity index (χ4n) is 7.25. The van der Waals surface area contributed by atoms with Crippen molar-refractivity contribution in [3.05, 3.63) is 96.1 Å². The van der Waals surface area contributed by atoms with Gasteiger partial charge in [-0.2, -0.15) is 9.97 Å². The van der Waals surface area contributed by atoms with Crippen molar-refractivity contribution >= 4 is 46.6 Å². The van der Waals surface area contributed by atoms with Crippen molar-refractivity contribution < 1.29 is 30.0 Å². The first-order valence-corrected chi connectivity index (χ1v) is 18.5. The molecule has 17 heteroatoms. The highest BCUT2D eigenvalue weighted by molar-refractivity contribution is 6.21. The third-order valence-corrected chi connectivity index (χ3v) is 10.7. The van der Waals surface area contributed by atoms with Crippen LogP contribution in [0.15, 0.2) is 79.4 Å². The molecule has 1 saturated carbocycles. The number of nitrogens with one attached hydrogen (secondary N) is 3. The molecular weight excluding hydrogens is 728 g/mol. The topological polar surface area (TPSA) is 214 Å². The molecule has 0 bridgehead atoms. The van der Waals surface area contributed by atoms with Crippen molar-refractivity contribution in [1.29, 1.82) is 0 Å². The van der Waals surface area contributed by atoms with Gasteiger partial charge in [-0.15, -0.1) is 0 Å². The second-order valence-corrected chi connectivity index (χ2v) is 14.2. The van der Waals surface area contributed by atoms with Gasteiger partial charge in [-0.1, -0.05) is 31.2 Å². The summed E-state index contributed by atoms with van der Waals surface area (Å²) in [5.74, 6) is 0.449. The number of phenolic OH excluding ortho intramolecular Hbond substituents is 2. The quantitative estimate of drug-likeness (QED) is 0.0910. The van der Waals surface area contributed by atoms with E-state index in [1.165, 1.54) is 6.33 Å². The van der Waals surface area contributed by atoms with E-state index >= 15 is 0 Å². The standard InChI is InChI=1S/C38H43ClN10O6/c1-2-31(52)49(39)30-17-29(33(53)34(30)54)48-21-43-32-35(41-19-28(23-3-7-26(50)8-4-23)24-5-9-27(51)10-6-24)45-37(46-36(32)48)47-16-13-25(20-47)44-38(55)42-18-22-11-14-40-15-12-22/h3-12,14-15,21,25,28-30,33-34,50-51,53-54H,2,13,16-20H2,1H3,(H,41,45,46)(H2,42,44,55)/t25-,29-,30+,33+,34-/m1/s1. The van der Waals surface area contributed by atoms with E-state index in [9.17, 15) is 30.0 Å². The Morgan fingerprint density at radius 3 is 2.29 bits per heavy atom. The number of aliphatic hydroxyl groups is 2. The number of pyridine rings is 1. The molecule has 4 heterocycles. The van der Waals surface area contributed by atoms with E-state index in [1.807, 2.05) is 41.3 Å². The number of hydrogen-bond donors (Lipinski definition) is 7. The Labute approximate surface area is 321 Å². The third-order valence-electron chi connectivity index (χ3n) is 10.3. The summed E-state index contributed by atoms with van der Waals surface area (Å²) in [6.07, 6.45) is 3.23. The van der Waals surface area contributed by atoms with E-state index in [2.05, 4.69) is 25.9 Å². The Balaban J connectivity index is 1.18. The number of phenols is 2. The average Bonchev–Trinajstić information content (AvgIpc) is 3.92. The highest BCUT2D eigenvalue weighted by Crippen LogP contribution is 2.38. The molecule has 0 radical (unpaired) electrons. The number of aliphatic hydroxyl groups excluding tert-OH is 2. The fraction of sp³-hybridized carbons (Fsp3) is 0.368. The summed E-state index contributed by atoms with van der Waals surface area (Å²) in [5, 5.41) is 51.7. The summed E-state index contributed by atoms with van der Waals surface area (Å²) in [6.45, 7) is 3.34. The number of hydrogen-bond acceptors (Lipinski definition) is 12. The number of halogens is 1. The number of aromatic nitrogens is 5. The van der Waals surface area contributed by atoms with Crippen molar-refractivity contribution in [1.82, 2.24) is 39.6 Å². The molecule has 55 heavy (non-hydrogen) atoms. The Morgan fingerprint density at radius 1 is 0.964 bits per heavy atom. The van der Waals surface area contributed by atoms with Crippen LogP contribution in [-0.4, -0.2) is 105 Å². The molecule has 1 aliphatic heterocycles. The molecule has 0 unspecified atom stereocenters.